The van der Waals surface area contributed by atoms with Crippen molar-refractivity contribution in [2.24, 2.45) is 0 Å². The summed E-state index contributed by atoms with van der Waals surface area (Å²) in [5, 5.41) is 13.9. The number of hydrogen-bond donors (Lipinski definition) is 1. The molecule has 0 saturated carbocycles. The number of nitrogens with zero attached hydrogens (tertiary/aromatic N) is 2. The van der Waals surface area contributed by atoms with Crippen molar-refractivity contribution in [3.8, 4) is 0 Å². The van der Waals surface area contributed by atoms with Crippen LogP contribution < -0.4 is 10.2 Å². The average molecular weight is 403 g/mol. The number of halogens is 3. The van der Waals surface area contributed by atoms with Crippen molar-refractivity contribution in [2.45, 2.75) is 16.9 Å². The zero-order valence-electron chi connectivity index (χ0n) is 14.3. The predicted molar refractivity (Wildman–Crippen MR) is 94.4 cm³/mol. The molecule has 0 saturated heterocycles. The van der Waals surface area contributed by atoms with E-state index in [0.29, 0.717) is 12.1 Å². The number of nitro benzene ring substituents is 1. The van der Waals surface area contributed by atoms with Crippen LogP contribution in [0.15, 0.2) is 47.4 Å². The smallest absolute Gasteiger partial charge is 0.378 e. The van der Waals surface area contributed by atoms with E-state index in [1.165, 1.54) is 0 Å². The van der Waals surface area contributed by atoms with Crippen molar-refractivity contribution in [2.75, 3.05) is 24.3 Å². The molecule has 7 nitrogen and oxygen atoms in total. The SMILES string of the molecule is CN(C)c1ccc(CNc2ccc(S(=O)(=O)C(F)(F)F)cc2[N+](=O)[O-])cc1. The third-order valence-electron chi connectivity index (χ3n) is 3.72. The molecule has 2 aromatic rings. The number of rotatable bonds is 6. The molecule has 0 aromatic heterocycles. The van der Waals surface area contributed by atoms with Crippen molar-refractivity contribution >= 4 is 26.9 Å². The van der Waals surface area contributed by atoms with Crippen molar-refractivity contribution in [1.29, 1.82) is 0 Å². The van der Waals surface area contributed by atoms with E-state index in [9.17, 15) is 31.7 Å². The van der Waals surface area contributed by atoms with E-state index in [-0.39, 0.29) is 12.2 Å². The topological polar surface area (TPSA) is 92.6 Å². The van der Waals surface area contributed by atoms with Crippen LogP contribution in [0.2, 0.25) is 0 Å². The van der Waals surface area contributed by atoms with Gasteiger partial charge in [0.2, 0.25) is 0 Å². The molecular weight excluding hydrogens is 387 g/mol. The maximum Gasteiger partial charge on any atom is 0.501 e. The molecule has 0 aliphatic rings. The molecule has 11 heteroatoms. The molecule has 2 aromatic carbocycles. The molecule has 0 amide bonds. The van der Waals surface area contributed by atoms with Gasteiger partial charge in [-0.1, -0.05) is 12.1 Å². The molecule has 0 aliphatic carbocycles. The summed E-state index contributed by atoms with van der Waals surface area (Å²) >= 11 is 0. The van der Waals surface area contributed by atoms with Gasteiger partial charge in [0.1, 0.15) is 5.69 Å². The summed E-state index contributed by atoms with van der Waals surface area (Å²) in [7, 11) is -1.93. The van der Waals surface area contributed by atoms with Gasteiger partial charge in [-0.3, -0.25) is 10.1 Å². The first-order valence-corrected chi connectivity index (χ1v) is 9.01. The molecule has 146 valence electrons. The van der Waals surface area contributed by atoms with E-state index in [2.05, 4.69) is 5.32 Å². The van der Waals surface area contributed by atoms with Crippen LogP contribution in [0.1, 0.15) is 5.56 Å². The Balaban J connectivity index is 2.28. The first kappa shape index (κ1) is 20.5. The Bertz CT molecular complexity index is 942. The summed E-state index contributed by atoms with van der Waals surface area (Å²) in [6.45, 7) is 0.167. The molecule has 0 atom stereocenters. The van der Waals surface area contributed by atoms with Crippen LogP contribution in [0, 0.1) is 10.1 Å². The highest BCUT2D eigenvalue weighted by Crippen LogP contribution is 2.34. The van der Waals surface area contributed by atoms with E-state index in [1.807, 2.05) is 31.1 Å². The first-order chi connectivity index (χ1) is 12.4. The number of hydrogen-bond acceptors (Lipinski definition) is 6. The Morgan fingerprint density at radius 1 is 1.11 bits per heavy atom. The second kappa shape index (κ2) is 7.43. The number of nitro groups is 1. The van der Waals surface area contributed by atoms with Gasteiger partial charge >= 0.3 is 5.51 Å². The molecular formula is C16H16F3N3O4S. The predicted octanol–water partition coefficient (Wildman–Crippen LogP) is 3.57. The van der Waals surface area contributed by atoms with Crippen molar-refractivity contribution in [3.05, 3.63) is 58.1 Å². The van der Waals surface area contributed by atoms with Gasteiger partial charge in [-0.25, -0.2) is 8.42 Å². The second-order valence-electron chi connectivity index (χ2n) is 5.80. The van der Waals surface area contributed by atoms with E-state index >= 15 is 0 Å². The summed E-state index contributed by atoms with van der Waals surface area (Å²) in [6.07, 6.45) is 0. The zero-order chi connectivity index (χ0) is 20.4. The first-order valence-electron chi connectivity index (χ1n) is 7.53. The molecule has 1 N–H and O–H groups in total. The minimum atomic E-state index is -5.67. The lowest BCUT2D eigenvalue weighted by Gasteiger charge is -2.13. The third kappa shape index (κ3) is 4.48. The fourth-order valence-corrected chi connectivity index (χ4v) is 3.00. The van der Waals surface area contributed by atoms with Gasteiger partial charge < -0.3 is 10.2 Å². The fourth-order valence-electron chi connectivity index (χ4n) is 2.22. The molecule has 0 radical (unpaired) electrons. The van der Waals surface area contributed by atoms with Crippen LogP contribution in [0.4, 0.5) is 30.2 Å². The van der Waals surface area contributed by atoms with Gasteiger partial charge in [0, 0.05) is 32.4 Å². The van der Waals surface area contributed by atoms with Gasteiger partial charge in [-0.15, -0.1) is 0 Å². The minimum absolute atomic E-state index is 0.0854. The van der Waals surface area contributed by atoms with Gasteiger partial charge in [0.25, 0.3) is 15.5 Å². The Labute approximate surface area is 153 Å². The van der Waals surface area contributed by atoms with Crippen molar-refractivity contribution in [3.63, 3.8) is 0 Å². The van der Waals surface area contributed by atoms with Crippen LogP contribution in [0.25, 0.3) is 0 Å². The Morgan fingerprint density at radius 2 is 1.70 bits per heavy atom. The molecule has 2 rings (SSSR count). The monoisotopic (exact) mass is 403 g/mol. The van der Waals surface area contributed by atoms with Crippen LogP contribution >= 0.6 is 0 Å². The highest BCUT2D eigenvalue weighted by atomic mass is 32.2. The second-order valence-corrected chi connectivity index (χ2v) is 7.74. The summed E-state index contributed by atoms with van der Waals surface area (Å²) in [5.74, 6) is 0. The zero-order valence-corrected chi connectivity index (χ0v) is 15.1. The fraction of sp³-hybridized carbons (Fsp3) is 0.250. The number of benzene rings is 2. The summed E-state index contributed by atoms with van der Waals surface area (Å²) in [6, 6.07) is 9.29. The van der Waals surface area contributed by atoms with Gasteiger partial charge in [-0.2, -0.15) is 13.2 Å². The quantitative estimate of drug-likeness (QED) is 0.586. The maximum absolute atomic E-state index is 12.6. The molecule has 0 fully saturated rings. The summed E-state index contributed by atoms with van der Waals surface area (Å²) < 4.78 is 60.8. The minimum Gasteiger partial charge on any atom is -0.378 e. The van der Waals surface area contributed by atoms with E-state index in [1.54, 1.807) is 12.1 Å². The number of alkyl halides is 3. The molecule has 0 unspecified atom stereocenters. The molecule has 0 aliphatic heterocycles. The van der Waals surface area contributed by atoms with Gasteiger partial charge in [0.15, 0.2) is 0 Å². The lowest BCUT2D eigenvalue weighted by atomic mass is 10.2. The van der Waals surface area contributed by atoms with Crippen LogP contribution in [0.3, 0.4) is 0 Å². The number of anilines is 2. The molecule has 0 spiro atoms. The standard InChI is InChI=1S/C16H16F3N3O4S/c1-21(2)12-5-3-11(4-6-12)10-20-14-8-7-13(9-15(14)22(23)24)27(25,26)16(17,18)19/h3-9,20H,10H2,1-2H3. The lowest BCUT2D eigenvalue weighted by Crippen LogP contribution is -2.23. The number of sulfone groups is 1. The van der Waals surface area contributed by atoms with Gasteiger partial charge in [0.05, 0.1) is 9.82 Å². The van der Waals surface area contributed by atoms with Crippen molar-refractivity contribution < 1.29 is 26.5 Å². The van der Waals surface area contributed by atoms with E-state index in [0.717, 1.165) is 17.3 Å². The van der Waals surface area contributed by atoms with Crippen LogP contribution in [0.5, 0.6) is 0 Å². The molecule has 0 heterocycles. The third-order valence-corrected chi connectivity index (χ3v) is 5.20. The Kier molecular flexibility index (Phi) is 5.64. The van der Waals surface area contributed by atoms with Crippen molar-refractivity contribution in [1.82, 2.24) is 0 Å². The Morgan fingerprint density at radius 3 is 2.19 bits per heavy atom. The number of nitrogens with one attached hydrogen (secondary N) is 1. The normalized spacial score (nSPS) is 11.9. The highest BCUT2D eigenvalue weighted by Gasteiger charge is 2.47. The van der Waals surface area contributed by atoms with Crippen LogP contribution in [-0.2, 0) is 16.4 Å². The van der Waals surface area contributed by atoms with E-state index < -0.39 is 30.9 Å². The summed E-state index contributed by atoms with van der Waals surface area (Å²) in [4.78, 5) is 10.9. The van der Waals surface area contributed by atoms with Gasteiger partial charge in [-0.05, 0) is 29.8 Å². The maximum atomic E-state index is 12.6. The Hall–Kier alpha value is -2.82. The average Bonchev–Trinajstić information content (AvgIpc) is 2.59. The van der Waals surface area contributed by atoms with Crippen LogP contribution in [-0.4, -0.2) is 32.9 Å². The molecule has 27 heavy (non-hydrogen) atoms. The molecule has 0 bridgehead atoms. The highest BCUT2D eigenvalue weighted by molar-refractivity contribution is 7.92. The largest absolute Gasteiger partial charge is 0.501 e. The lowest BCUT2D eigenvalue weighted by molar-refractivity contribution is -0.384. The van der Waals surface area contributed by atoms with E-state index in [4.69, 9.17) is 0 Å². The summed E-state index contributed by atoms with van der Waals surface area (Å²) in [5.41, 5.74) is -4.65.